The van der Waals surface area contributed by atoms with Gasteiger partial charge in [0.2, 0.25) is 0 Å². The first kappa shape index (κ1) is 12.1. The summed E-state index contributed by atoms with van der Waals surface area (Å²) in [4.78, 5) is 18.1. The summed E-state index contributed by atoms with van der Waals surface area (Å²) in [6.45, 7) is 0.698. The van der Waals surface area contributed by atoms with Crippen LogP contribution < -0.4 is 0 Å². The maximum atomic E-state index is 12.1. The standard InChI is InChI=1S/C13H12N2O3S/c16-9-3-2-8(11(17)7-9)6-10-12(18)15-4-1-5-19-13(15)14-10/h2-3,6-7,16-17H,1,4-5H2/b10-6-. The topological polar surface area (TPSA) is 73.1 Å². The average molecular weight is 276 g/mol. The number of aromatic hydroxyl groups is 2. The molecule has 0 aliphatic carbocycles. The summed E-state index contributed by atoms with van der Waals surface area (Å²) < 4.78 is 0. The van der Waals surface area contributed by atoms with Crippen molar-refractivity contribution >= 4 is 28.9 Å². The lowest BCUT2D eigenvalue weighted by Gasteiger charge is -2.21. The lowest BCUT2D eigenvalue weighted by atomic mass is 10.1. The van der Waals surface area contributed by atoms with Crippen LogP contribution in [0.2, 0.25) is 0 Å². The molecular formula is C13H12N2O3S. The second kappa shape index (κ2) is 4.62. The molecule has 1 saturated heterocycles. The van der Waals surface area contributed by atoms with E-state index >= 15 is 0 Å². The lowest BCUT2D eigenvalue weighted by Crippen LogP contribution is -2.34. The van der Waals surface area contributed by atoms with Gasteiger partial charge in [-0.2, -0.15) is 0 Å². The maximum absolute atomic E-state index is 12.1. The second-order valence-electron chi connectivity index (χ2n) is 4.33. The SMILES string of the molecule is O=C1/C(=C/c2ccc(O)cc2O)N=C2SCCCN12. The Morgan fingerprint density at radius 2 is 2.21 bits per heavy atom. The molecule has 19 heavy (non-hydrogen) atoms. The minimum Gasteiger partial charge on any atom is -0.508 e. The van der Waals surface area contributed by atoms with E-state index in [9.17, 15) is 15.0 Å². The molecule has 0 unspecified atom stereocenters. The van der Waals surface area contributed by atoms with E-state index in [0.717, 1.165) is 17.3 Å². The van der Waals surface area contributed by atoms with Crippen molar-refractivity contribution in [2.75, 3.05) is 12.3 Å². The minimum absolute atomic E-state index is 0.0170. The molecule has 2 heterocycles. The molecule has 1 aromatic carbocycles. The van der Waals surface area contributed by atoms with Gasteiger partial charge < -0.3 is 10.2 Å². The number of nitrogens with zero attached hydrogens (tertiary/aromatic N) is 2. The van der Waals surface area contributed by atoms with Gasteiger partial charge in [0.1, 0.15) is 17.2 Å². The van der Waals surface area contributed by atoms with Crippen LogP contribution in [0, 0.1) is 0 Å². The van der Waals surface area contributed by atoms with Crippen molar-refractivity contribution in [2.45, 2.75) is 6.42 Å². The highest BCUT2D eigenvalue weighted by molar-refractivity contribution is 8.13. The zero-order valence-electron chi connectivity index (χ0n) is 10.0. The molecule has 0 saturated carbocycles. The van der Waals surface area contributed by atoms with Crippen molar-refractivity contribution < 1.29 is 15.0 Å². The van der Waals surface area contributed by atoms with Crippen LogP contribution >= 0.6 is 11.8 Å². The smallest absolute Gasteiger partial charge is 0.278 e. The number of hydrogen-bond acceptors (Lipinski definition) is 5. The first-order chi connectivity index (χ1) is 9.15. The molecule has 0 radical (unpaired) electrons. The number of hydrogen-bond donors (Lipinski definition) is 2. The quantitative estimate of drug-likeness (QED) is 0.767. The number of fused-ring (bicyclic) bond motifs is 1. The third kappa shape index (κ3) is 2.19. The van der Waals surface area contributed by atoms with E-state index in [1.54, 1.807) is 28.8 Å². The molecule has 98 valence electrons. The Morgan fingerprint density at radius 3 is 2.95 bits per heavy atom. The molecule has 6 heteroatoms. The fraction of sp³-hybridized carbons (Fsp3) is 0.231. The molecule has 5 nitrogen and oxygen atoms in total. The largest absolute Gasteiger partial charge is 0.508 e. The van der Waals surface area contributed by atoms with Crippen molar-refractivity contribution in [3.8, 4) is 11.5 Å². The van der Waals surface area contributed by atoms with Crippen LogP contribution in [0.15, 0.2) is 28.9 Å². The van der Waals surface area contributed by atoms with Crippen molar-refractivity contribution in [3.05, 3.63) is 29.5 Å². The van der Waals surface area contributed by atoms with Crippen molar-refractivity contribution in [1.29, 1.82) is 0 Å². The molecule has 1 aromatic rings. The van der Waals surface area contributed by atoms with Gasteiger partial charge in [0.25, 0.3) is 5.91 Å². The Balaban J connectivity index is 1.96. The Kier molecular flexibility index (Phi) is 2.94. The number of phenolic OH excluding ortho intramolecular Hbond substituents is 2. The van der Waals surface area contributed by atoms with Crippen LogP contribution in [0.5, 0.6) is 11.5 Å². The number of rotatable bonds is 1. The van der Waals surface area contributed by atoms with E-state index in [2.05, 4.69) is 4.99 Å². The van der Waals surface area contributed by atoms with E-state index in [0.29, 0.717) is 17.8 Å². The number of phenols is 2. The van der Waals surface area contributed by atoms with Gasteiger partial charge in [-0.25, -0.2) is 4.99 Å². The van der Waals surface area contributed by atoms with Crippen LogP contribution in [0.3, 0.4) is 0 Å². The summed E-state index contributed by atoms with van der Waals surface area (Å²) in [6.07, 6.45) is 2.51. The van der Waals surface area contributed by atoms with Crippen LogP contribution in [0.25, 0.3) is 6.08 Å². The Labute approximate surface area is 114 Å². The second-order valence-corrected chi connectivity index (χ2v) is 5.39. The number of amides is 1. The van der Waals surface area contributed by atoms with E-state index in [1.807, 2.05) is 0 Å². The fourth-order valence-electron chi connectivity index (χ4n) is 2.03. The third-order valence-electron chi connectivity index (χ3n) is 2.97. The highest BCUT2D eigenvalue weighted by atomic mass is 32.2. The van der Waals surface area contributed by atoms with Crippen LogP contribution in [0.1, 0.15) is 12.0 Å². The Hall–Kier alpha value is -1.95. The molecule has 0 bridgehead atoms. The van der Waals surface area contributed by atoms with Crippen LogP contribution in [0.4, 0.5) is 0 Å². The summed E-state index contributed by atoms with van der Waals surface area (Å²) >= 11 is 1.57. The number of aliphatic imine (C=N–C) groups is 1. The molecule has 0 aromatic heterocycles. The number of amidine groups is 1. The normalized spacial score (nSPS) is 20.6. The molecule has 2 N–H and O–H groups in total. The van der Waals surface area contributed by atoms with Crippen molar-refractivity contribution in [3.63, 3.8) is 0 Å². The van der Waals surface area contributed by atoms with E-state index in [4.69, 9.17) is 0 Å². The highest BCUT2D eigenvalue weighted by Gasteiger charge is 2.32. The lowest BCUT2D eigenvalue weighted by molar-refractivity contribution is -0.122. The summed E-state index contributed by atoms with van der Waals surface area (Å²) in [5, 5.41) is 19.7. The first-order valence-electron chi connectivity index (χ1n) is 5.92. The molecule has 3 rings (SSSR count). The zero-order chi connectivity index (χ0) is 13.4. The van der Waals surface area contributed by atoms with Gasteiger partial charge in [0.05, 0.1) is 0 Å². The summed E-state index contributed by atoms with van der Waals surface area (Å²) in [5.41, 5.74) is 0.792. The highest BCUT2D eigenvalue weighted by Crippen LogP contribution is 2.30. The summed E-state index contributed by atoms with van der Waals surface area (Å²) in [5.74, 6) is 0.754. The molecule has 2 aliphatic heterocycles. The van der Waals surface area contributed by atoms with E-state index in [-0.39, 0.29) is 17.4 Å². The van der Waals surface area contributed by atoms with Gasteiger partial charge in [-0.3, -0.25) is 9.69 Å². The number of thioether (sulfide) groups is 1. The number of carbonyl (C=O) groups excluding carboxylic acids is 1. The molecule has 0 spiro atoms. The van der Waals surface area contributed by atoms with Gasteiger partial charge in [-0.05, 0) is 24.6 Å². The first-order valence-corrected chi connectivity index (χ1v) is 6.91. The van der Waals surface area contributed by atoms with Crippen molar-refractivity contribution in [2.24, 2.45) is 4.99 Å². The van der Waals surface area contributed by atoms with Gasteiger partial charge in [0, 0.05) is 23.9 Å². The van der Waals surface area contributed by atoms with Crippen LogP contribution in [-0.4, -0.2) is 38.5 Å². The Bertz CT molecular complexity index is 610. The summed E-state index contributed by atoms with van der Waals surface area (Å²) in [7, 11) is 0. The molecular weight excluding hydrogens is 264 g/mol. The predicted octanol–water partition coefficient (Wildman–Crippen LogP) is 1.77. The minimum atomic E-state index is -0.130. The zero-order valence-corrected chi connectivity index (χ0v) is 10.9. The van der Waals surface area contributed by atoms with Gasteiger partial charge in [-0.15, -0.1) is 0 Å². The molecule has 1 amide bonds. The van der Waals surface area contributed by atoms with Gasteiger partial charge >= 0.3 is 0 Å². The molecule has 2 aliphatic rings. The number of carbonyl (C=O) groups is 1. The van der Waals surface area contributed by atoms with Crippen LogP contribution in [-0.2, 0) is 4.79 Å². The maximum Gasteiger partial charge on any atom is 0.278 e. The summed E-state index contributed by atoms with van der Waals surface area (Å²) in [6, 6.07) is 4.25. The fourth-order valence-corrected chi connectivity index (χ4v) is 2.97. The average Bonchev–Trinajstić information content (AvgIpc) is 2.70. The molecule has 0 atom stereocenters. The molecule has 1 fully saturated rings. The van der Waals surface area contributed by atoms with Crippen molar-refractivity contribution in [1.82, 2.24) is 4.90 Å². The van der Waals surface area contributed by atoms with Gasteiger partial charge in [0.15, 0.2) is 5.17 Å². The van der Waals surface area contributed by atoms with E-state index in [1.165, 1.54) is 12.1 Å². The van der Waals surface area contributed by atoms with Gasteiger partial charge in [-0.1, -0.05) is 11.8 Å². The monoisotopic (exact) mass is 276 g/mol. The number of benzene rings is 1. The Morgan fingerprint density at radius 1 is 1.37 bits per heavy atom. The third-order valence-corrected chi connectivity index (χ3v) is 4.04. The van der Waals surface area contributed by atoms with E-state index < -0.39 is 0 Å². The predicted molar refractivity (Wildman–Crippen MR) is 74.0 cm³/mol.